The predicted octanol–water partition coefficient (Wildman–Crippen LogP) is 3.26. The van der Waals surface area contributed by atoms with Crippen LogP contribution < -0.4 is 0 Å². The van der Waals surface area contributed by atoms with Crippen molar-refractivity contribution in [3.63, 3.8) is 0 Å². The van der Waals surface area contributed by atoms with Crippen LogP contribution in [0.4, 0.5) is 9.18 Å². The van der Waals surface area contributed by atoms with Crippen LogP contribution in [-0.2, 0) is 4.74 Å². The number of likely N-dealkylation sites (tertiary alicyclic amines) is 1. The maximum Gasteiger partial charge on any atom is 0.410 e. The molecule has 1 aliphatic heterocycles. The van der Waals surface area contributed by atoms with E-state index in [0.29, 0.717) is 19.6 Å². The quantitative estimate of drug-likeness (QED) is 0.867. The molecule has 1 N–H and O–H groups in total. The lowest BCUT2D eigenvalue weighted by atomic mass is 9.93. The average molecular weight is 295 g/mol. The van der Waals surface area contributed by atoms with Crippen LogP contribution in [0, 0.1) is 5.82 Å². The summed E-state index contributed by atoms with van der Waals surface area (Å²) in [7, 11) is 0. The van der Waals surface area contributed by atoms with Crippen LogP contribution in [0.1, 0.15) is 44.2 Å². The van der Waals surface area contributed by atoms with Gasteiger partial charge in [0.05, 0.1) is 18.8 Å². The van der Waals surface area contributed by atoms with Crippen LogP contribution in [0.5, 0.6) is 0 Å². The molecule has 0 spiro atoms. The molecule has 1 saturated heterocycles. The number of hydrogen-bond acceptors (Lipinski definition) is 3. The van der Waals surface area contributed by atoms with E-state index in [1.165, 1.54) is 12.1 Å². The standard InChI is InChI=1S/C16H22FNO3/c1-2-3-11-21-16(20)18-10-4-5-14(19)15(18)12-6-8-13(17)9-7-12/h6-9,14-15,19H,2-5,10-11H2,1H3. The van der Waals surface area contributed by atoms with Crippen LogP contribution in [0.2, 0.25) is 0 Å². The summed E-state index contributed by atoms with van der Waals surface area (Å²) >= 11 is 0. The molecule has 21 heavy (non-hydrogen) atoms. The predicted molar refractivity (Wildman–Crippen MR) is 77.3 cm³/mol. The molecule has 0 bridgehead atoms. The largest absolute Gasteiger partial charge is 0.449 e. The zero-order valence-corrected chi connectivity index (χ0v) is 12.3. The first-order valence-corrected chi connectivity index (χ1v) is 7.50. The highest BCUT2D eigenvalue weighted by Crippen LogP contribution is 2.32. The number of unbranched alkanes of at least 4 members (excludes halogenated alkanes) is 1. The monoisotopic (exact) mass is 295 g/mol. The average Bonchev–Trinajstić information content (AvgIpc) is 2.48. The number of amides is 1. The SMILES string of the molecule is CCCCOC(=O)N1CCCC(O)C1c1ccc(F)cc1. The topological polar surface area (TPSA) is 49.8 Å². The number of ether oxygens (including phenoxy) is 1. The van der Waals surface area contributed by atoms with E-state index in [0.717, 1.165) is 24.8 Å². The lowest BCUT2D eigenvalue weighted by Gasteiger charge is -2.38. The van der Waals surface area contributed by atoms with E-state index in [-0.39, 0.29) is 5.82 Å². The summed E-state index contributed by atoms with van der Waals surface area (Å²) in [6.07, 6.45) is 2.09. The lowest BCUT2D eigenvalue weighted by Crippen LogP contribution is -2.45. The Labute approximate surface area is 124 Å². The summed E-state index contributed by atoms with van der Waals surface area (Å²) in [5.74, 6) is -0.332. The van der Waals surface area contributed by atoms with Crippen LogP contribution in [0.3, 0.4) is 0 Å². The Morgan fingerprint density at radius 3 is 2.81 bits per heavy atom. The molecule has 2 atom stereocenters. The van der Waals surface area contributed by atoms with Gasteiger partial charge in [0, 0.05) is 6.54 Å². The van der Waals surface area contributed by atoms with Gasteiger partial charge in [-0.15, -0.1) is 0 Å². The zero-order chi connectivity index (χ0) is 15.2. The molecule has 116 valence electrons. The van der Waals surface area contributed by atoms with Gasteiger partial charge in [0.1, 0.15) is 5.82 Å². The second-order valence-corrected chi connectivity index (χ2v) is 5.37. The smallest absolute Gasteiger partial charge is 0.410 e. The van der Waals surface area contributed by atoms with E-state index in [4.69, 9.17) is 4.74 Å². The summed E-state index contributed by atoms with van der Waals surface area (Å²) in [6, 6.07) is 5.45. The number of nitrogens with zero attached hydrogens (tertiary/aromatic N) is 1. The van der Waals surface area contributed by atoms with Gasteiger partial charge < -0.3 is 9.84 Å². The number of benzene rings is 1. The van der Waals surface area contributed by atoms with Gasteiger partial charge in [-0.2, -0.15) is 0 Å². The van der Waals surface area contributed by atoms with Crippen molar-refractivity contribution in [3.05, 3.63) is 35.6 Å². The Bertz CT molecular complexity index is 463. The fraction of sp³-hybridized carbons (Fsp3) is 0.562. The Balaban J connectivity index is 2.13. The van der Waals surface area contributed by atoms with Crippen molar-refractivity contribution in [2.75, 3.05) is 13.2 Å². The fourth-order valence-corrected chi connectivity index (χ4v) is 2.63. The maximum absolute atomic E-state index is 13.0. The second-order valence-electron chi connectivity index (χ2n) is 5.37. The number of halogens is 1. The number of carbonyl (C=O) groups excluding carboxylic acids is 1. The van der Waals surface area contributed by atoms with Crippen LogP contribution in [-0.4, -0.2) is 35.4 Å². The highest BCUT2D eigenvalue weighted by molar-refractivity contribution is 5.68. The molecule has 2 rings (SSSR count). The summed E-state index contributed by atoms with van der Waals surface area (Å²) in [6.45, 7) is 2.96. The molecule has 1 fully saturated rings. The minimum absolute atomic E-state index is 0.332. The number of piperidine rings is 1. The van der Waals surface area contributed by atoms with Gasteiger partial charge in [-0.05, 0) is 37.0 Å². The van der Waals surface area contributed by atoms with E-state index in [1.807, 2.05) is 6.92 Å². The minimum atomic E-state index is -0.650. The molecule has 4 nitrogen and oxygen atoms in total. The van der Waals surface area contributed by atoms with E-state index in [2.05, 4.69) is 0 Å². The third-order valence-electron chi connectivity index (χ3n) is 3.77. The highest BCUT2D eigenvalue weighted by atomic mass is 19.1. The van der Waals surface area contributed by atoms with Crippen molar-refractivity contribution in [1.29, 1.82) is 0 Å². The molecule has 5 heteroatoms. The minimum Gasteiger partial charge on any atom is -0.449 e. The van der Waals surface area contributed by atoms with Crippen molar-refractivity contribution in [2.24, 2.45) is 0 Å². The summed E-state index contributed by atoms with van der Waals surface area (Å²) < 4.78 is 18.3. The van der Waals surface area contributed by atoms with Gasteiger partial charge in [-0.1, -0.05) is 25.5 Å². The summed E-state index contributed by atoms with van der Waals surface area (Å²) in [5.41, 5.74) is 0.732. The first kappa shape index (κ1) is 15.8. The molecule has 1 heterocycles. The van der Waals surface area contributed by atoms with Gasteiger partial charge in [-0.25, -0.2) is 9.18 Å². The molecule has 2 unspecified atom stereocenters. The first-order chi connectivity index (χ1) is 10.1. The maximum atomic E-state index is 13.0. The van der Waals surface area contributed by atoms with Gasteiger partial charge in [-0.3, -0.25) is 4.90 Å². The van der Waals surface area contributed by atoms with E-state index in [9.17, 15) is 14.3 Å². The highest BCUT2D eigenvalue weighted by Gasteiger charge is 2.35. The van der Waals surface area contributed by atoms with Crippen molar-refractivity contribution in [2.45, 2.75) is 44.8 Å². The third kappa shape index (κ3) is 3.94. The van der Waals surface area contributed by atoms with Crippen molar-refractivity contribution >= 4 is 6.09 Å². The van der Waals surface area contributed by atoms with Gasteiger partial charge in [0.15, 0.2) is 0 Å². The van der Waals surface area contributed by atoms with Crippen molar-refractivity contribution < 1.29 is 19.0 Å². The van der Waals surface area contributed by atoms with Gasteiger partial charge in [0.2, 0.25) is 0 Å². The van der Waals surface area contributed by atoms with Crippen LogP contribution in [0.15, 0.2) is 24.3 Å². The number of aliphatic hydroxyl groups excluding tert-OH is 1. The third-order valence-corrected chi connectivity index (χ3v) is 3.77. The zero-order valence-electron chi connectivity index (χ0n) is 12.3. The Kier molecular flexibility index (Phi) is 5.56. The van der Waals surface area contributed by atoms with Crippen LogP contribution >= 0.6 is 0 Å². The molecule has 0 saturated carbocycles. The van der Waals surface area contributed by atoms with Gasteiger partial charge in [0.25, 0.3) is 0 Å². The molecular formula is C16H22FNO3. The second kappa shape index (κ2) is 7.41. The fourth-order valence-electron chi connectivity index (χ4n) is 2.63. The Morgan fingerprint density at radius 1 is 1.43 bits per heavy atom. The normalized spacial score (nSPS) is 22.1. The number of hydrogen-bond donors (Lipinski definition) is 1. The van der Waals surface area contributed by atoms with Crippen molar-refractivity contribution in [1.82, 2.24) is 4.90 Å². The molecule has 1 amide bonds. The van der Waals surface area contributed by atoms with E-state index < -0.39 is 18.2 Å². The van der Waals surface area contributed by atoms with Crippen LogP contribution in [0.25, 0.3) is 0 Å². The molecule has 1 aromatic carbocycles. The Morgan fingerprint density at radius 2 is 2.14 bits per heavy atom. The molecule has 0 radical (unpaired) electrons. The van der Waals surface area contributed by atoms with Gasteiger partial charge >= 0.3 is 6.09 Å². The number of rotatable bonds is 4. The Hall–Kier alpha value is -1.62. The van der Waals surface area contributed by atoms with E-state index >= 15 is 0 Å². The molecule has 0 aliphatic carbocycles. The number of aliphatic hydroxyl groups is 1. The van der Waals surface area contributed by atoms with Crippen molar-refractivity contribution in [3.8, 4) is 0 Å². The van der Waals surface area contributed by atoms with E-state index in [1.54, 1.807) is 17.0 Å². The lowest BCUT2D eigenvalue weighted by molar-refractivity contribution is 0.00410. The molecule has 1 aliphatic rings. The summed E-state index contributed by atoms with van der Waals surface area (Å²) in [5, 5.41) is 10.2. The summed E-state index contributed by atoms with van der Waals surface area (Å²) in [4.78, 5) is 13.7. The number of carbonyl (C=O) groups is 1. The first-order valence-electron chi connectivity index (χ1n) is 7.50. The molecule has 1 aromatic rings. The molecular weight excluding hydrogens is 273 g/mol. The molecule has 0 aromatic heterocycles.